The van der Waals surface area contributed by atoms with Crippen LogP contribution in [-0.2, 0) is 11.3 Å². The lowest BCUT2D eigenvalue weighted by Crippen LogP contribution is -2.66. The van der Waals surface area contributed by atoms with Gasteiger partial charge in [-0.25, -0.2) is 9.78 Å². The maximum atomic E-state index is 12.1. The predicted octanol–water partition coefficient (Wildman–Crippen LogP) is 3.13. The van der Waals surface area contributed by atoms with Crippen molar-refractivity contribution >= 4 is 40.3 Å². The van der Waals surface area contributed by atoms with E-state index in [0.29, 0.717) is 10.8 Å². The summed E-state index contributed by atoms with van der Waals surface area (Å²) in [5, 5.41) is 10.7. The van der Waals surface area contributed by atoms with E-state index in [1.54, 1.807) is 0 Å². The van der Waals surface area contributed by atoms with Gasteiger partial charge in [0.25, 0.3) is 5.91 Å². The second-order valence-electron chi connectivity index (χ2n) is 8.45. The van der Waals surface area contributed by atoms with Gasteiger partial charge in [-0.15, -0.1) is 0 Å². The van der Waals surface area contributed by atoms with Crippen LogP contribution >= 0.6 is 11.6 Å². The predicted molar refractivity (Wildman–Crippen MR) is 118 cm³/mol. The van der Waals surface area contributed by atoms with E-state index in [9.17, 15) is 9.59 Å². The number of pyridine rings is 1. The average Bonchev–Trinajstić information content (AvgIpc) is 3.21. The molecule has 0 unspecified atom stereocenters. The number of aromatic nitrogens is 2. The molecule has 9 nitrogen and oxygen atoms in total. The van der Waals surface area contributed by atoms with Gasteiger partial charge in [0.05, 0.1) is 5.52 Å². The summed E-state index contributed by atoms with van der Waals surface area (Å²) in [6.45, 7) is 1.76. The minimum atomic E-state index is -0.506. The fourth-order valence-corrected chi connectivity index (χ4v) is 4.67. The van der Waals surface area contributed by atoms with E-state index in [1.165, 1.54) is 13.1 Å². The number of nitrogens with zero attached hydrogens (tertiary/aromatic N) is 3. The summed E-state index contributed by atoms with van der Waals surface area (Å²) in [7, 11) is 1.50. The standard InChI is InChI=1S/C22H22ClN5O4/c1-24-20(29)18-7-16(32-27-18)10-31-21(30)25-15-8-22(9-15)11-28(12-22)19-5-2-13-6-14(23)3-4-17(13)26-19/h2-7,15H,8-12H2,1H3,(H,24,29)(H,25,30). The van der Waals surface area contributed by atoms with Gasteiger partial charge in [0.15, 0.2) is 18.1 Å². The zero-order valence-electron chi connectivity index (χ0n) is 17.4. The molecule has 10 heteroatoms. The highest BCUT2D eigenvalue weighted by Gasteiger charge is 2.53. The van der Waals surface area contributed by atoms with E-state index in [1.807, 2.05) is 30.3 Å². The van der Waals surface area contributed by atoms with E-state index in [0.717, 1.165) is 42.7 Å². The van der Waals surface area contributed by atoms with Crippen molar-refractivity contribution in [2.24, 2.45) is 5.41 Å². The van der Waals surface area contributed by atoms with Gasteiger partial charge in [0.2, 0.25) is 0 Å². The Labute approximate surface area is 189 Å². The molecule has 1 saturated heterocycles. The molecule has 166 valence electrons. The Morgan fingerprint density at radius 3 is 2.84 bits per heavy atom. The summed E-state index contributed by atoms with van der Waals surface area (Å²) in [6.07, 6.45) is 1.31. The monoisotopic (exact) mass is 455 g/mol. The number of fused-ring (bicyclic) bond motifs is 1. The van der Waals surface area contributed by atoms with Gasteiger partial charge in [0, 0.05) is 48.1 Å². The van der Waals surface area contributed by atoms with Gasteiger partial charge in [0.1, 0.15) is 5.82 Å². The summed E-state index contributed by atoms with van der Waals surface area (Å²) in [5.74, 6) is 0.912. The van der Waals surface area contributed by atoms with Crippen LogP contribution in [0.15, 0.2) is 40.9 Å². The van der Waals surface area contributed by atoms with Crippen LogP contribution in [0.3, 0.4) is 0 Å². The van der Waals surface area contributed by atoms with Crippen LogP contribution in [0.5, 0.6) is 0 Å². The van der Waals surface area contributed by atoms with Crippen LogP contribution in [-0.4, -0.2) is 48.3 Å². The molecule has 0 radical (unpaired) electrons. The average molecular weight is 456 g/mol. The lowest BCUT2D eigenvalue weighted by Gasteiger charge is -2.59. The number of carbonyl (C=O) groups excluding carboxylic acids is 2. The molecule has 1 saturated carbocycles. The Hall–Kier alpha value is -3.33. The van der Waals surface area contributed by atoms with Crippen molar-refractivity contribution in [1.82, 2.24) is 20.8 Å². The molecular formula is C22H22ClN5O4. The molecule has 2 N–H and O–H groups in total. The third kappa shape index (κ3) is 3.95. The number of halogens is 1. The molecule has 3 heterocycles. The molecule has 1 aliphatic carbocycles. The first kappa shape index (κ1) is 20.6. The Bertz CT molecular complexity index is 1180. The van der Waals surface area contributed by atoms with Crippen molar-refractivity contribution in [3.05, 3.63) is 52.9 Å². The van der Waals surface area contributed by atoms with E-state index in [2.05, 4.69) is 20.7 Å². The summed E-state index contributed by atoms with van der Waals surface area (Å²) >= 11 is 6.04. The number of hydrogen-bond acceptors (Lipinski definition) is 7. The summed E-state index contributed by atoms with van der Waals surface area (Å²) in [4.78, 5) is 30.5. The highest BCUT2D eigenvalue weighted by atomic mass is 35.5. The zero-order valence-corrected chi connectivity index (χ0v) is 18.2. The number of alkyl carbamates (subject to hydrolysis) is 1. The van der Waals surface area contributed by atoms with Gasteiger partial charge in [-0.2, -0.15) is 0 Å². The number of ether oxygens (including phenoxy) is 1. The second-order valence-corrected chi connectivity index (χ2v) is 8.88. The number of rotatable bonds is 5. The molecule has 0 bridgehead atoms. The van der Waals surface area contributed by atoms with E-state index >= 15 is 0 Å². The quantitative estimate of drug-likeness (QED) is 0.608. The number of amides is 2. The fourth-order valence-electron chi connectivity index (χ4n) is 4.49. The molecule has 2 amide bonds. The largest absolute Gasteiger partial charge is 0.441 e. The van der Waals surface area contributed by atoms with E-state index in [-0.39, 0.29) is 29.7 Å². The minimum Gasteiger partial charge on any atom is -0.441 e. The summed E-state index contributed by atoms with van der Waals surface area (Å²) in [5.41, 5.74) is 1.30. The molecule has 2 aliphatic rings. The highest BCUT2D eigenvalue weighted by molar-refractivity contribution is 6.31. The number of carbonyl (C=O) groups is 2. The highest BCUT2D eigenvalue weighted by Crippen LogP contribution is 2.49. The molecule has 0 atom stereocenters. The number of anilines is 1. The third-order valence-electron chi connectivity index (χ3n) is 6.06. The number of nitrogens with one attached hydrogen (secondary N) is 2. The Kier molecular flexibility index (Phi) is 5.13. The molecule has 3 aromatic rings. The van der Waals surface area contributed by atoms with Gasteiger partial charge in [-0.05, 0) is 43.2 Å². The first-order valence-electron chi connectivity index (χ1n) is 10.4. The van der Waals surface area contributed by atoms with E-state index in [4.69, 9.17) is 25.8 Å². The number of hydrogen-bond donors (Lipinski definition) is 2. The summed E-state index contributed by atoms with van der Waals surface area (Å²) in [6, 6.07) is 11.3. The normalized spacial score (nSPS) is 17.0. The SMILES string of the molecule is CNC(=O)c1cc(COC(=O)NC2CC3(C2)CN(c2ccc4cc(Cl)ccc4n2)C3)on1. The van der Waals surface area contributed by atoms with Gasteiger partial charge >= 0.3 is 6.09 Å². The lowest BCUT2D eigenvalue weighted by molar-refractivity contribution is 0.0417. The first-order valence-corrected chi connectivity index (χ1v) is 10.7. The van der Waals surface area contributed by atoms with E-state index < -0.39 is 6.09 Å². The van der Waals surface area contributed by atoms with Crippen LogP contribution in [0.2, 0.25) is 5.02 Å². The van der Waals surface area contributed by atoms with Crippen LogP contribution in [0, 0.1) is 5.41 Å². The van der Waals surface area contributed by atoms with Crippen LogP contribution < -0.4 is 15.5 Å². The van der Waals surface area contributed by atoms with Crippen molar-refractivity contribution in [2.75, 3.05) is 25.0 Å². The van der Waals surface area contributed by atoms with Gasteiger partial charge in [-0.1, -0.05) is 16.8 Å². The molecule has 1 aliphatic heterocycles. The smallest absolute Gasteiger partial charge is 0.407 e. The topological polar surface area (TPSA) is 110 Å². The Morgan fingerprint density at radius 2 is 2.06 bits per heavy atom. The molecule has 5 rings (SSSR count). The van der Waals surface area contributed by atoms with Crippen molar-refractivity contribution in [3.8, 4) is 0 Å². The molecule has 32 heavy (non-hydrogen) atoms. The third-order valence-corrected chi connectivity index (χ3v) is 6.29. The molecule has 2 fully saturated rings. The van der Waals surface area contributed by atoms with Crippen molar-refractivity contribution in [3.63, 3.8) is 0 Å². The van der Waals surface area contributed by atoms with Gasteiger partial charge in [-0.3, -0.25) is 4.79 Å². The van der Waals surface area contributed by atoms with Gasteiger partial charge < -0.3 is 24.8 Å². The zero-order chi connectivity index (χ0) is 22.3. The van der Waals surface area contributed by atoms with Crippen LogP contribution in [0.1, 0.15) is 29.1 Å². The number of benzene rings is 1. The first-order chi connectivity index (χ1) is 15.4. The van der Waals surface area contributed by atoms with Crippen LogP contribution in [0.4, 0.5) is 10.6 Å². The lowest BCUT2D eigenvalue weighted by atomic mass is 9.60. The molecule has 2 aromatic heterocycles. The Balaban J connectivity index is 1.07. The van der Waals surface area contributed by atoms with Crippen molar-refractivity contribution in [2.45, 2.75) is 25.5 Å². The molecule has 1 spiro atoms. The summed E-state index contributed by atoms with van der Waals surface area (Å²) < 4.78 is 10.2. The minimum absolute atomic E-state index is 0.0830. The van der Waals surface area contributed by atoms with Crippen molar-refractivity contribution in [1.29, 1.82) is 0 Å². The molecule has 1 aromatic carbocycles. The maximum absolute atomic E-state index is 12.1. The maximum Gasteiger partial charge on any atom is 0.407 e. The Morgan fingerprint density at radius 1 is 1.25 bits per heavy atom. The second kappa shape index (κ2) is 7.98. The van der Waals surface area contributed by atoms with Crippen LogP contribution in [0.25, 0.3) is 10.9 Å². The molecular weight excluding hydrogens is 434 g/mol. The van der Waals surface area contributed by atoms with Crippen molar-refractivity contribution < 1.29 is 18.8 Å². The fraction of sp³-hybridized carbons (Fsp3) is 0.364.